The van der Waals surface area contributed by atoms with Crippen molar-refractivity contribution in [1.29, 1.82) is 0 Å². The number of para-hydroxylation sites is 1. The highest BCUT2D eigenvalue weighted by Crippen LogP contribution is 2.21. The maximum Gasteiger partial charge on any atom is 0.339 e. The third-order valence-electron chi connectivity index (χ3n) is 3.61. The zero-order chi connectivity index (χ0) is 18.1. The van der Waals surface area contributed by atoms with Crippen molar-refractivity contribution < 1.29 is 19.1 Å². The lowest BCUT2D eigenvalue weighted by Crippen LogP contribution is -2.43. The van der Waals surface area contributed by atoms with Crippen LogP contribution in [-0.4, -0.2) is 49.4 Å². The van der Waals surface area contributed by atoms with E-state index in [1.807, 2.05) is 13.8 Å². The largest absolute Gasteiger partial charge is 0.465 e. The molecule has 6 heteroatoms. The second-order valence-corrected chi connectivity index (χ2v) is 5.49. The van der Waals surface area contributed by atoms with Gasteiger partial charge in [-0.1, -0.05) is 26.0 Å². The van der Waals surface area contributed by atoms with E-state index >= 15 is 0 Å². The van der Waals surface area contributed by atoms with Gasteiger partial charge in [-0.05, 0) is 25.0 Å². The SMILES string of the molecule is CCCN(CCC)C(=O)CN(C(C)=O)c1ccccc1C(=O)OC. The van der Waals surface area contributed by atoms with Crippen LogP contribution in [0.4, 0.5) is 5.69 Å². The highest BCUT2D eigenvalue weighted by molar-refractivity contribution is 6.04. The van der Waals surface area contributed by atoms with Crippen LogP contribution < -0.4 is 4.90 Å². The summed E-state index contributed by atoms with van der Waals surface area (Å²) >= 11 is 0. The molecule has 0 aliphatic rings. The monoisotopic (exact) mass is 334 g/mol. The number of hydrogen-bond donors (Lipinski definition) is 0. The molecule has 0 atom stereocenters. The van der Waals surface area contributed by atoms with Crippen LogP contribution in [0.2, 0.25) is 0 Å². The summed E-state index contributed by atoms with van der Waals surface area (Å²) in [6.45, 7) is 6.60. The Morgan fingerprint density at radius 2 is 1.62 bits per heavy atom. The molecule has 1 rings (SSSR count). The Morgan fingerprint density at radius 1 is 1.04 bits per heavy atom. The summed E-state index contributed by atoms with van der Waals surface area (Å²) in [6, 6.07) is 6.64. The molecule has 0 saturated carbocycles. The molecule has 0 aliphatic heterocycles. The molecule has 0 aromatic heterocycles. The number of hydrogen-bond acceptors (Lipinski definition) is 4. The molecule has 0 aliphatic carbocycles. The van der Waals surface area contributed by atoms with Crippen molar-refractivity contribution >= 4 is 23.5 Å². The van der Waals surface area contributed by atoms with Gasteiger partial charge in [-0.2, -0.15) is 0 Å². The van der Waals surface area contributed by atoms with E-state index < -0.39 is 5.97 Å². The maximum absolute atomic E-state index is 12.6. The number of nitrogens with zero attached hydrogens (tertiary/aromatic N) is 2. The van der Waals surface area contributed by atoms with Gasteiger partial charge in [0.15, 0.2) is 0 Å². The minimum Gasteiger partial charge on any atom is -0.465 e. The predicted octanol–water partition coefficient (Wildman–Crippen LogP) is 2.47. The quantitative estimate of drug-likeness (QED) is 0.685. The van der Waals surface area contributed by atoms with Crippen molar-refractivity contribution in [1.82, 2.24) is 4.90 Å². The van der Waals surface area contributed by atoms with Crippen LogP contribution in [0.15, 0.2) is 24.3 Å². The van der Waals surface area contributed by atoms with Crippen molar-refractivity contribution in [3.63, 3.8) is 0 Å². The number of carbonyl (C=O) groups is 3. The average molecular weight is 334 g/mol. The Labute approximate surface area is 143 Å². The summed E-state index contributed by atoms with van der Waals surface area (Å²) in [6.07, 6.45) is 1.70. The highest BCUT2D eigenvalue weighted by Gasteiger charge is 2.23. The first-order chi connectivity index (χ1) is 11.5. The number of carbonyl (C=O) groups excluding carboxylic acids is 3. The molecule has 0 unspecified atom stereocenters. The van der Waals surface area contributed by atoms with Gasteiger partial charge in [0.05, 0.1) is 18.4 Å². The van der Waals surface area contributed by atoms with Gasteiger partial charge in [0, 0.05) is 20.0 Å². The minimum atomic E-state index is -0.539. The number of esters is 1. The second-order valence-electron chi connectivity index (χ2n) is 5.49. The number of amides is 2. The van der Waals surface area contributed by atoms with Crippen LogP contribution in [-0.2, 0) is 14.3 Å². The topological polar surface area (TPSA) is 66.9 Å². The Kier molecular flexibility index (Phi) is 7.95. The highest BCUT2D eigenvalue weighted by atomic mass is 16.5. The van der Waals surface area contributed by atoms with Crippen LogP contribution in [0.3, 0.4) is 0 Å². The first kappa shape index (κ1) is 19.7. The normalized spacial score (nSPS) is 10.2. The Bertz CT molecular complexity index is 580. The molecule has 0 radical (unpaired) electrons. The maximum atomic E-state index is 12.6. The fraction of sp³-hybridized carbons (Fsp3) is 0.500. The molecule has 0 saturated heterocycles. The fourth-order valence-corrected chi connectivity index (χ4v) is 2.49. The third-order valence-corrected chi connectivity index (χ3v) is 3.61. The molecule has 6 nitrogen and oxygen atoms in total. The van der Waals surface area contributed by atoms with Gasteiger partial charge < -0.3 is 14.5 Å². The van der Waals surface area contributed by atoms with Crippen LogP contribution in [0.25, 0.3) is 0 Å². The third kappa shape index (κ3) is 5.08. The van der Waals surface area contributed by atoms with Crippen molar-refractivity contribution in [3.05, 3.63) is 29.8 Å². The molecule has 2 amide bonds. The van der Waals surface area contributed by atoms with Crippen LogP contribution >= 0.6 is 0 Å². The van der Waals surface area contributed by atoms with Gasteiger partial charge in [0.25, 0.3) is 0 Å². The van der Waals surface area contributed by atoms with Gasteiger partial charge in [-0.25, -0.2) is 4.79 Å². The summed E-state index contributed by atoms with van der Waals surface area (Å²) in [5, 5.41) is 0. The minimum absolute atomic E-state index is 0.0939. The predicted molar refractivity (Wildman–Crippen MR) is 93.0 cm³/mol. The summed E-state index contributed by atoms with van der Waals surface area (Å²) in [5.41, 5.74) is 0.652. The first-order valence-corrected chi connectivity index (χ1v) is 8.19. The van der Waals surface area contributed by atoms with Crippen molar-refractivity contribution in [2.24, 2.45) is 0 Å². The molecule has 132 valence electrons. The van der Waals surface area contributed by atoms with Crippen molar-refractivity contribution in [3.8, 4) is 0 Å². The molecule has 0 N–H and O–H groups in total. The molecular weight excluding hydrogens is 308 g/mol. The fourth-order valence-electron chi connectivity index (χ4n) is 2.49. The number of benzene rings is 1. The summed E-state index contributed by atoms with van der Waals surface area (Å²) in [5.74, 6) is -0.968. The van der Waals surface area contributed by atoms with E-state index in [1.54, 1.807) is 29.2 Å². The molecular formula is C18H26N2O4. The van der Waals surface area contributed by atoms with E-state index in [2.05, 4.69) is 0 Å². The summed E-state index contributed by atoms with van der Waals surface area (Å²) in [7, 11) is 1.28. The van der Waals surface area contributed by atoms with E-state index in [0.717, 1.165) is 12.8 Å². The van der Waals surface area contributed by atoms with Crippen LogP contribution in [0, 0.1) is 0 Å². The number of methoxy groups -OCH3 is 1. The molecule has 0 bridgehead atoms. The van der Waals surface area contributed by atoms with Gasteiger partial charge >= 0.3 is 5.97 Å². The van der Waals surface area contributed by atoms with Crippen molar-refractivity contribution in [2.75, 3.05) is 31.6 Å². The number of rotatable bonds is 8. The Hall–Kier alpha value is -2.37. The van der Waals surface area contributed by atoms with Crippen LogP contribution in [0.5, 0.6) is 0 Å². The zero-order valence-electron chi connectivity index (χ0n) is 14.9. The lowest BCUT2D eigenvalue weighted by Gasteiger charge is -2.27. The second kappa shape index (κ2) is 9.70. The average Bonchev–Trinajstić information content (AvgIpc) is 2.58. The summed E-state index contributed by atoms with van der Waals surface area (Å²) in [4.78, 5) is 39.7. The van der Waals surface area contributed by atoms with E-state index in [4.69, 9.17) is 4.74 Å². The Balaban J connectivity index is 3.10. The lowest BCUT2D eigenvalue weighted by molar-refractivity contribution is -0.131. The number of anilines is 1. The molecule has 1 aromatic rings. The molecule has 0 fully saturated rings. The van der Waals surface area contributed by atoms with Gasteiger partial charge in [-0.15, -0.1) is 0 Å². The molecule has 1 aromatic carbocycles. The number of ether oxygens (including phenoxy) is 1. The van der Waals surface area contributed by atoms with E-state index in [9.17, 15) is 14.4 Å². The summed E-state index contributed by atoms with van der Waals surface area (Å²) < 4.78 is 4.76. The van der Waals surface area contributed by atoms with Gasteiger partial charge in [0.2, 0.25) is 11.8 Å². The standard InChI is InChI=1S/C18H26N2O4/c1-5-11-19(12-6-2)17(22)13-20(14(3)21)16-10-8-7-9-15(16)18(23)24-4/h7-10H,5-6,11-13H2,1-4H3. The molecule has 24 heavy (non-hydrogen) atoms. The van der Waals surface area contributed by atoms with Gasteiger partial charge in [0.1, 0.15) is 6.54 Å². The molecule has 0 spiro atoms. The van der Waals surface area contributed by atoms with Crippen LogP contribution in [0.1, 0.15) is 44.0 Å². The van der Waals surface area contributed by atoms with Gasteiger partial charge in [-0.3, -0.25) is 9.59 Å². The van der Waals surface area contributed by atoms with E-state index in [0.29, 0.717) is 18.8 Å². The Morgan fingerprint density at radius 3 is 2.12 bits per heavy atom. The zero-order valence-corrected chi connectivity index (χ0v) is 14.9. The van der Waals surface area contributed by atoms with Crippen molar-refractivity contribution in [2.45, 2.75) is 33.6 Å². The van der Waals surface area contributed by atoms with E-state index in [-0.39, 0.29) is 23.9 Å². The smallest absolute Gasteiger partial charge is 0.339 e. The first-order valence-electron chi connectivity index (χ1n) is 8.19. The van der Waals surface area contributed by atoms with E-state index in [1.165, 1.54) is 18.9 Å². The molecule has 0 heterocycles. The lowest BCUT2D eigenvalue weighted by atomic mass is 10.1.